The Kier molecular flexibility index (Phi) is 5.69. The van der Waals surface area contributed by atoms with Gasteiger partial charge in [-0.15, -0.1) is 0 Å². The van der Waals surface area contributed by atoms with Crippen LogP contribution in [0, 0.1) is 5.92 Å². The van der Waals surface area contributed by atoms with Gasteiger partial charge in [0.2, 0.25) is 5.91 Å². The molecule has 88 valence electrons. The van der Waals surface area contributed by atoms with Crippen LogP contribution in [0.5, 0.6) is 0 Å². The molecule has 0 aromatic carbocycles. The Morgan fingerprint density at radius 1 is 1.47 bits per heavy atom. The van der Waals surface area contributed by atoms with Crippen LogP contribution in [-0.4, -0.2) is 37.5 Å². The lowest BCUT2D eigenvalue weighted by Gasteiger charge is -2.16. The molecule has 0 aromatic heterocycles. The summed E-state index contributed by atoms with van der Waals surface area (Å²) in [5, 5.41) is 3.18. The average Bonchev–Trinajstić information content (AvgIpc) is 2.67. The largest absolute Gasteiger partial charge is 0.342 e. The number of hydrogen-bond acceptors (Lipinski definition) is 2. The summed E-state index contributed by atoms with van der Waals surface area (Å²) < 4.78 is 0. The zero-order valence-corrected chi connectivity index (χ0v) is 10.1. The van der Waals surface area contributed by atoms with Crippen molar-refractivity contribution in [1.82, 2.24) is 10.2 Å². The Bertz CT molecular complexity index is 194. The molecule has 0 radical (unpaired) electrons. The maximum atomic E-state index is 11.8. The standard InChI is InChI=1S/C12H24N2O/c1-3-4-5-6-12(15)14-8-7-11(10-14)9-13-2/h11,13H,3-10H2,1-2H3. The highest BCUT2D eigenvalue weighted by molar-refractivity contribution is 5.76. The quantitative estimate of drug-likeness (QED) is 0.679. The average molecular weight is 212 g/mol. The fourth-order valence-electron chi connectivity index (χ4n) is 2.20. The number of amides is 1. The highest BCUT2D eigenvalue weighted by Crippen LogP contribution is 2.17. The van der Waals surface area contributed by atoms with E-state index in [1.165, 1.54) is 19.3 Å². The molecule has 1 atom stereocenters. The highest BCUT2D eigenvalue weighted by Gasteiger charge is 2.24. The lowest BCUT2D eigenvalue weighted by atomic mass is 10.1. The molecular weight excluding hydrogens is 188 g/mol. The molecule has 15 heavy (non-hydrogen) atoms. The van der Waals surface area contributed by atoms with Crippen LogP contribution in [0.15, 0.2) is 0 Å². The minimum absolute atomic E-state index is 0.363. The first-order valence-corrected chi connectivity index (χ1v) is 6.20. The van der Waals surface area contributed by atoms with Crippen LogP contribution >= 0.6 is 0 Å². The van der Waals surface area contributed by atoms with Crippen molar-refractivity contribution >= 4 is 5.91 Å². The maximum absolute atomic E-state index is 11.8. The summed E-state index contributed by atoms with van der Waals surface area (Å²) in [4.78, 5) is 13.8. The van der Waals surface area contributed by atoms with Gasteiger partial charge in [-0.3, -0.25) is 4.79 Å². The van der Waals surface area contributed by atoms with Gasteiger partial charge in [-0.1, -0.05) is 19.8 Å². The molecule has 1 fully saturated rings. The lowest BCUT2D eigenvalue weighted by molar-refractivity contribution is -0.130. The molecular formula is C12H24N2O. The van der Waals surface area contributed by atoms with E-state index >= 15 is 0 Å². The normalized spacial score (nSPS) is 20.9. The number of likely N-dealkylation sites (tertiary alicyclic amines) is 1. The second-order valence-corrected chi connectivity index (χ2v) is 4.51. The molecule has 0 saturated carbocycles. The fourth-order valence-corrected chi connectivity index (χ4v) is 2.20. The van der Waals surface area contributed by atoms with Crippen LogP contribution in [0.1, 0.15) is 39.0 Å². The van der Waals surface area contributed by atoms with E-state index in [0.29, 0.717) is 11.8 Å². The van der Waals surface area contributed by atoms with Gasteiger partial charge in [-0.2, -0.15) is 0 Å². The molecule has 0 spiro atoms. The molecule has 1 N–H and O–H groups in total. The second-order valence-electron chi connectivity index (χ2n) is 4.51. The third-order valence-electron chi connectivity index (χ3n) is 3.13. The minimum Gasteiger partial charge on any atom is -0.342 e. The smallest absolute Gasteiger partial charge is 0.222 e. The van der Waals surface area contributed by atoms with Crippen molar-refractivity contribution in [1.29, 1.82) is 0 Å². The Labute approximate surface area is 93.2 Å². The number of unbranched alkanes of at least 4 members (excludes halogenated alkanes) is 2. The third-order valence-corrected chi connectivity index (χ3v) is 3.13. The lowest BCUT2D eigenvalue weighted by Crippen LogP contribution is -2.30. The monoisotopic (exact) mass is 212 g/mol. The topological polar surface area (TPSA) is 32.3 Å². The van der Waals surface area contributed by atoms with Crippen molar-refractivity contribution in [3.63, 3.8) is 0 Å². The second kappa shape index (κ2) is 6.83. The minimum atomic E-state index is 0.363. The van der Waals surface area contributed by atoms with Crippen molar-refractivity contribution < 1.29 is 4.79 Å². The zero-order chi connectivity index (χ0) is 11.1. The molecule has 1 aliphatic rings. The van der Waals surface area contributed by atoms with Gasteiger partial charge in [0.15, 0.2) is 0 Å². The Hall–Kier alpha value is -0.570. The fraction of sp³-hybridized carbons (Fsp3) is 0.917. The van der Waals surface area contributed by atoms with E-state index in [-0.39, 0.29) is 0 Å². The highest BCUT2D eigenvalue weighted by atomic mass is 16.2. The van der Waals surface area contributed by atoms with Crippen LogP contribution in [-0.2, 0) is 4.79 Å². The first-order valence-electron chi connectivity index (χ1n) is 6.20. The third kappa shape index (κ3) is 4.20. The predicted molar refractivity (Wildman–Crippen MR) is 62.8 cm³/mol. The van der Waals surface area contributed by atoms with E-state index in [2.05, 4.69) is 12.2 Å². The SMILES string of the molecule is CCCCCC(=O)N1CCC(CNC)C1. The summed E-state index contributed by atoms with van der Waals surface area (Å²) in [6.45, 7) is 5.14. The van der Waals surface area contributed by atoms with Crippen LogP contribution in [0.25, 0.3) is 0 Å². The summed E-state index contributed by atoms with van der Waals surface area (Å²) in [7, 11) is 1.98. The summed E-state index contributed by atoms with van der Waals surface area (Å²) in [5.41, 5.74) is 0. The van der Waals surface area contributed by atoms with Gasteiger partial charge >= 0.3 is 0 Å². The van der Waals surface area contributed by atoms with E-state index in [1.807, 2.05) is 11.9 Å². The molecule has 1 amide bonds. The number of rotatable bonds is 6. The van der Waals surface area contributed by atoms with Crippen molar-refractivity contribution in [3.05, 3.63) is 0 Å². The molecule has 1 heterocycles. The molecule has 1 saturated heterocycles. The van der Waals surface area contributed by atoms with Gasteiger partial charge in [0, 0.05) is 19.5 Å². The van der Waals surface area contributed by atoms with Crippen molar-refractivity contribution in [3.8, 4) is 0 Å². The van der Waals surface area contributed by atoms with Gasteiger partial charge in [0.25, 0.3) is 0 Å². The maximum Gasteiger partial charge on any atom is 0.222 e. The van der Waals surface area contributed by atoms with Crippen molar-refractivity contribution in [2.45, 2.75) is 39.0 Å². The van der Waals surface area contributed by atoms with Crippen LogP contribution < -0.4 is 5.32 Å². The van der Waals surface area contributed by atoms with Gasteiger partial charge < -0.3 is 10.2 Å². The van der Waals surface area contributed by atoms with E-state index in [9.17, 15) is 4.79 Å². The number of nitrogens with zero attached hydrogens (tertiary/aromatic N) is 1. The first-order chi connectivity index (χ1) is 7.27. The van der Waals surface area contributed by atoms with Crippen LogP contribution in [0.3, 0.4) is 0 Å². The van der Waals surface area contributed by atoms with Crippen molar-refractivity contribution in [2.24, 2.45) is 5.92 Å². The van der Waals surface area contributed by atoms with Crippen LogP contribution in [0.2, 0.25) is 0 Å². The molecule has 1 unspecified atom stereocenters. The first kappa shape index (κ1) is 12.5. The molecule has 3 heteroatoms. The number of hydrogen-bond donors (Lipinski definition) is 1. The zero-order valence-electron chi connectivity index (χ0n) is 10.1. The van der Waals surface area contributed by atoms with E-state index in [1.54, 1.807) is 0 Å². The summed E-state index contributed by atoms with van der Waals surface area (Å²) in [6, 6.07) is 0. The molecule has 3 nitrogen and oxygen atoms in total. The summed E-state index contributed by atoms with van der Waals surface area (Å²) >= 11 is 0. The number of carbonyl (C=O) groups is 1. The molecule has 0 bridgehead atoms. The Morgan fingerprint density at radius 2 is 2.27 bits per heavy atom. The summed E-state index contributed by atoms with van der Waals surface area (Å²) in [6.07, 6.45) is 5.35. The molecule has 0 aliphatic carbocycles. The predicted octanol–water partition coefficient (Wildman–Crippen LogP) is 1.63. The van der Waals surface area contributed by atoms with Gasteiger partial charge in [0.05, 0.1) is 0 Å². The Morgan fingerprint density at radius 3 is 2.93 bits per heavy atom. The van der Waals surface area contributed by atoms with Gasteiger partial charge in [-0.25, -0.2) is 0 Å². The van der Waals surface area contributed by atoms with Crippen molar-refractivity contribution in [2.75, 3.05) is 26.7 Å². The van der Waals surface area contributed by atoms with Crippen LogP contribution in [0.4, 0.5) is 0 Å². The summed E-state index contributed by atoms with van der Waals surface area (Å²) in [5.74, 6) is 1.03. The number of nitrogens with one attached hydrogen (secondary N) is 1. The molecule has 1 aliphatic heterocycles. The molecule has 0 aromatic rings. The van der Waals surface area contributed by atoms with Gasteiger partial charge in [0.1, 0.15) is 0 Å². The number of carbonyl (C=O) groups excluding carboxylic acids is 1. The molecule has 1 rings (SSSR count). The van der Waals surface area contributed by atoms with Gasteiger partial charge in [-0.05, 0) is 32.4 Å². The van der Waals surface area contributed by atoms with E-state index in [0.717, 1.165) is 32.5 Å². The Balaban J connectivity index is 2.18. The van der Waals surface area contributed by atoms with E-state index < -0.39 is 0 Å². The van der Waals surface area contributed by atoms with E-state index in [4.69, 9.17) is 0 Å².